The number of aromatic nitrogens is 3. The summed E-state index contributed by atoms with van der Waals surface area (Å²) in [5.74, 6) is -1.05. The van der Waals surface area contributed by atoms with Crippen LogP contribution >= 0.6 is 0 Å². The van der Waals surface area contributed by atoms with E-state index in [9.17, 15) is 14.0 Å². The van der Waals surface area contributed by atoms with Gasteiger partial charge in [-0.1, -0.05) is 13.8 Å². The molecule has 0 spiro atoms. The van der Waals surface area contributed by atoms with Gasteiger partial charge in [0.15, 0.2) is 11.5 Å². The number of pyridine rings is 1. The lowest BCUT2D eigenvalue weighted by Gasteiger charge is -2.20. The third-order valence-electron chi connectivity index (χ3n) is 3.48. The molecule has 0 fully saturated rings. The molecule has 0 aromatic carbocycles. The fourth-order valence-electron chi connectivity index (χ4n) is 2.18. The number of halogens is 1. The smallest absolute Gasteiger partial charge is 0.271 e. The van der Waals surface area contributed by atoms with Crippen LogP contribution in [0.3, 0.4) is 0 Å². The van der Waals surface area contributed by atoms with Crippen molar-refractivity contribution < 1.29 is 18.7 Å². The molecule has 144 valence electrons. The van der Waals surface area contributed by atoms with Gasteiger partial charge < -0.3 is 26.8 Å². The minimum Gasteiger partial charge on any atom is -0.446 e. The number of hydrogen-bond acceptors (Lipinski definition) is 8. The van der Waals surface area contributed by atoms with Gasteiger partial charge in [0.25, 0.3) is 5.91 Å². The summed E-state index contributed by atoms with van der Waals surface area (Å²) in [5.41, 5.74) is 11.0. The summed E-state index contributed by atoms with van der Waals surface area (Å²) >= 11 is 0. The van der Waals surface area contributed by atoms with E-state index in [0.717, 1.165) is 0 Å². The predicted octanol–water partition coefficient (Wildman–Crippen LogP) is 0.942. The molecule has 0 saturated heterocycles. The van der Waals surface area contributed by atoms with Gasteiger partial charge in [0.1, 0.15) is 11.9 Å². The molecule has 0 aliphatic carbocycles. The number of alkyl halides is 1. The number of carbonyl (C=O) groups excluding carboxylic acids is 2. The van der Waals surface area contributed by atoms with Crippen LogP contribution in [-0.4, -0.2) is 39.7 Å². The highest BCUT2D eigenvalue weighted by atomic mass is 19.1. The molecule has 2 aromatic rings. The van der Waals surface area contributed by atoms with Gasteiger partial charge in [-0.15, -0.1) is 0 Å². The third-order valence-corrected chi connectivity index (χ3v) is 3.48. The highest BCUT2D eigenvalue weighted by molar-refractivity contribution is 5.96. The first-order valence-corrected chi connectivity index (χ1v) is 7.96. The summed E-state index contributed by atoms with van der Waals surface area (Å²) in [5, 5.41) is 5.73. The Bertz CT molecular complexity index is 814. The van der Waals surface area contributed by atoms with E-state index in [-0.39, 0.29) is 29.1 Å². The number of primary amides is 2. The Kier molecular flexibility index (Phi) is 6.41. The molecule has 0 aliphatic heterocycles. The Labute approximate surface area is 154 Å². The fourth-order valence-corrected chi connectivity index (χ4v) is 2.18. The highest BCUT2D eigenvalue weighted by Crippen LogP contribution is 2.21. The molecule has 1 atom stereocenters. The molecule has 6 N–H and O–H groups in total. The molecule has 0 bridgehead atoms. The Hall–Kier alpha value is -3.50. The molecular formula is C16H20FN7O3. The Morgan fingerprint density at radius 3 is 2.48 bits per heavy atom. The molecule has 0 radical (unpaired) electrons. The number of nitrogens with zero attached hydrogens (tertiary/aromatic N) is 3. The summed E-state index contributed by atoms with van der Waals surface area (Å²) in [7, 11) is 0. The van der Waals surface area contributed by atoms with Crippen molar-refractivity contribution in [2.75, 3.05) is 17.5 Å². The molecule has 2 rings (SSSR count). The molecule has 2 heterocycles. The van der Waals surface area contributed by atoms with Crippen LogP contribution in [0, 0.1) is 5.92 Å². The van der Waals surface area contributed by atoms with Crippen molar-refractivity contribution in [2.24, 2.45) is 17.4 Å². The third kappa shape index (κ3) is 5.23. The van der Waals surface area contributed by atoms with Gasteiger partial charge >= 0.3 is 0 Å². The number of hydrogen-bond donors (Lipinski definition) is 4. The second-order valence-electron chi connectivity index (χ2n) is 5.85. The molecular weight excluding hydrogens is 357 g/mol. The normalized spacial score (nSPS) is 11.7. The standard InChI is InChI=1S/C16H20FN7O3/c1-8(2)12(14(18)25)23-10-6-21-13(15(19)26)16(24-10)22-9-3-4-11(20-5-9)27-7-17/h3-6,8,12H,7H2,1-2H3,(H2,18,25)(H2,19,26)(H2,22,23,24)/t12-/m1/s1. The molecule has 0 saturated carbocycles. The average Bonchev–Trinajstić information content (AvgIpc) is 2.61. The van der Waals surface area contributed by atoms with Gasteiger partial charge in [-0.3, -0.25) is 9.59 Å². The van der Waals surface area contributed by atoms with Crippen LogP contribution in [0.25, 0.3) is 0 Å². The zero-order valence-electron chi connectivity index (χ0n) is 14.8. The predicted molar refractivity (Wildman–Crippen MR) is 96.1 cm³/mol. The maximum Gasteiger partial charge on any atom is 0.271 e. The number of nitrogens with one attached hydrogen (secondary N) is 2. The van der Waals surface area contributed by atoms with Crippen LogP contribution in [0.4, 0.5) is 21.7 Å². The van der Waals surface area contributed by atoms with Crippen LogP contribution in [0.1, 0.15) is 24.3 Å². The molecule has 2 amide bonds. The number of rotatable bonds is 9. The second kappa shape index (κ2) is 8.74. The first-order valence-electron chi connectivity index (χ1n) is 7.96. The maximum absolute atomic E-state index is 12.1. The topological polar surface area (TPSA) is 158 Å². The fraction of sp³-hybridized carbons (Fsp3) is 0.312. The van der Waals surface area contributed by atoms with E-state index in [4.69, 9.17) is 11.5 Å². The van der Waals surface area contributed by atoms with E-state index in [1.165, 1.54) is 18.5 Å². The van der Waals surface area contributed by atoms with E-state index in [1.807, 2.05) is 13.8 Å². The number of anilines is 3. The van der Waals surface area contributed by atoms with Gasteiger partial charge in [0, 0.05) is 6.07 Å². The van der Waals surface area contributed by atoms with Crippen LogP contribution < -0.4 is 26.8 Å². The molecule has 10 nitrogen and oxygen atoms in total. The summed E-state index contributed by atoms with van der Waals surface area (Å²) < 4.78 is 16.8. The first kappa shape index (κ1) is 19.8. The van der Waals surface area contributed by atoms with Crippen LogP contribution in [0.15, 0.2) is 24.5 Å². The van der Waals surface area contributed by atoms with Crippen molar-refractivity contribution >= 4 is 29.1 Å². The SMILES string of the molecule is CC(C)[C@@H](Nc1cnc(C(N)=O)c(Nc2ccc(OCF)nc2)n1)C(N)=O. The number of nitrogens with two attached hydrogens (primary N) is 2. The largest absolute Gasteiger partial charge is 0.446 e. The lowest BCUT2D eigenvalue weighted by Crippen LogP contribution is -2.39. The quantitative estimate of drug-likeness (QED) is 0.502. The van der Waals surface area contributed by atoms with Gasteiger partial charge in [-0.25, -0.2) is 19.3 Å². The summed E-state index contributed by atoms with van der Waals surface area (Å²) in [4.78, 5) is 35.3. The van der Waals surface area contributed by atoms with Crippen molar-refractivity contribution in [3.8, 4) is 5.88 Å². The number of ether oxygens (including phenoxy) is 1. The monoisotopic (exact) mass is 377 g/mol. The maximum atomic E-state index is 12.1. The molecule has 0 unspecified atom stereocenters. The van der Waals surface area contributed by atoms with Gasteiger partial charge in [0.2, 0.25) is 18.6 Å². The lowest BCUT2D eigenvalue weighted by atomic mass is 10.0. The van der Waals surface area contributed by atoms with E-state index in [0.29, 0.717) is 5.69 Å². The Morgan fingerprint density at radius 1 is 1.22 bits per heavy atom. The summed E-state index contributed by atoms with van der Waals surface area (Å²) in [6.45, 7) is 2.64. The number of amides is 2. The van der Waals surface area contributed by atoms with Crippen LogP contribution in [-0.2, 0) is 4.79 Å². The Balaban J connectivity index is 2.29. The molecule has 0 aliphatic rings. The summed E-state index contributed by atoms with van der Waals surface area (Å²) in [6.07, 6.45) is 2.64. The van der Waals surface area contributed by atoms with Crippen LogP contribution in [0.2, 0.25) is 0 Å². The van der Waals surface area contributed by atoms with Crippen molar-refractivity contribution in [1.82, 2.24) is 15.0 Å². The minimum absolute atomic E-state index is 0.0560. The minimum atomic E-state index is -0.998. The average molecular weight is 377 g/mol. The zero-order valence-corrected chi connectivity index (χ0v) is 14.8. The van der Waals surface area contributed by atoms with E-state index < -0.39 is 24.7 Å². The van der Waals surface area contributed by atoms with Crippen molar-refractivity contribution in [1.29, 1.82) is 0 Å². The number of carbonyl (C=O) groups is 2. The van der Waals surface area contributed by atoms with Crippen LogP contribution in [0.5, 0.6) is 5.88 Å². The second-order valence-corrected chi connectivity index (χ2v) is 5.85. The van der Waals surface area contributed by atoms with Crippen molar-refractivity contribution in [3.63, 3.8) is 0 Å². The van der Waals surface area contributed by atoms with Crippen molar-refractivity contribution in [3.05, 3.63) is 30.2 Å². The van der Waals surface area contributed by atoms with E-state index >= 15 is 0 Å². The summed E-state index contributed by atoms with van der Waals surface area (Å²) in [6, 6.07) is 2.30. The van der Waals surface area contributed by atoms with Gasteiger partial charge in [0.05, 0.1) is 18.1 Å². The lowest BCUT2D eigenvalue weighted by molar-refractivity contribution is -0.119. The van der Waals surface area contributed by atoms with Crippen molar-refractivity contribution in [2.45, 2.75) is 19.9 Å². The van der Waals surface area contributed by atoms with Gasteiger partial charge in [-0.2, -0.15) is 0 Å². The first-order chi connectivity index (χ1) is 12.8. The molecule has 2 aromatic heterocycles. The zero-order chi connectivity index (χ0) is 20.0. The van der Waals surface area contributed by atoms with E-state index in [1.54, 1.807) is 6.07 Å². The molecule has 27 heavy (non-hydrogen) atoms. The highest BCUT2D eigenvalue weighted by Gasteiger charge is 2.21. The van der Waals surface area contributed by atoms with E-state index in [2.05, 4.69) is 30.3 Å². The van der Waals surface area contributed by atoms with Gasteiger partial charge in [-0.05, 0) is 12.0 Å². The Morgan fingerprint density at radius 2 is 1.96 bits per heavy atom. The molecule has 11 heteroatoms.